The van der Waals surface area contributed by atoms with Crippen LogP contribution in [0.3, 0.4) is 0 Å². The highest BCUT2D eigenvalue weighted by atomic mass is 127. The maximum Gasteiger partial charge on any atom is 0.415 e. The normalized spacial score (nSPS) is 20.2. The fourth-order valence-electron chi connectivity index (χ4n) is 2.39. The second-order valence-corrected chi connectivity index (χ2v) is 7.93. The van der Waals surface area contributed by atoms with Crippen molar-refractivity contribution in [1.29, 1.82) is 0 Å². The highest BCUT2D eigenvalue weighted by Crippen LogP contribution is 2.46. The van der Waals surface area contributed by atoms with E-state index in [2.05, 4.69) is 22.6 Å². The summed E-state index contributed by atoms with van der Waals surface area (Å²) in [7, 11) is 0. The number of esters is 1. The van der Waals surface area contributed by atoms with Crippen molar-refractivity contribution in [1.82, 2.24) is 0 Å². The summed E-state index contributed by atoms with van der Waals surface area (Å²) in [4.78, 5) is 26.4. The Balaban J connectivity index is 2.45. The average Bonchev–Trinajstić information content (AvgIpc) is 2.70. The molecule has 5 nitrogen and oxygen atoms in total. The first-order chi connectivity index (χ1) is 10.7. The summed E-state index contributed by atoms with van der Waals surface area (Å²) in [6.07, 6.45) is -0.571. The molecule has 0 N–H and O–H groups in total. The smallest absolute Gasteiger partial charge is 0.415 e. The summed E-state index contributed by atoms with van der Waals surface area (Å²) >= 11 is 8.19. The van der Waals surface area contributed by atoms with Crippen molar-refractivity contribution in [3.8, 4) is 0 Å². The third-order valence-electron chi connectivity index (χ3n) is 3.22. The van der Waals surface area contributed by atoms with Gasteiger partial charge in [-0.15, -0.1) is 0 Å². The van der Waals surface area contributed by atoms with Gasteiger partial charge in [0.2, 0.25) is 0 Å². The molecule has 2 unspecified atom stereocenters. The Morgan fingerprint density at radius 1 is 1.35 bits per heavy atom. The lowest BCUT2D eigenvalue weighted by Crippen LogP contribution is -2.46. The molecule has 0 radical (unpaired) electrons. The Morgan fingerprint density at radius 3 is 2.57 bits per heavy atom. The number of carbonyl (C=O) groups is 2. The van der Waals surface area contributed by atoms with Gasteiger partial charge in [-0.05, 0) is 51.5 Å². The number of anilines is 1. The first-order valence-corrected chi connectivity index (χ1v) is 8.90. The van der Waals surface area contributed by atoms with Gasteiger partial charge in [0, 0.05) is 5.02 Å². The summed E-state index contributed by atoms with van der Waals surface area (Å²) in [5, 5.41) is 0.555. The monoisotopic (exact) mass is 451 g/mol. The van der Waals surface area contributed by atoms with Crippen molar-refractivity contribution in [2.75, 3.05) is 11.5 Å². The number of ether oxygens (including phenoxy) is 2. The zero-order valence-electron chi connectivity index (χ0n) is 13.4. The van der Waals surface area contributed by atoms with E-state index in [-0.39, 0.29) is 10.5 Å². The van der Waals surface area contributed by atoms with Gasteiger partial charge in [0.25, 0.3) is 0 Å². The zero-order chi connectivity index (χ0) is 17.4. The number of nitrogens with zero attached hydrogens (tertiary/aromatic N) is 1. The minimum Gasteiger partial charge on any atom is -0.464 e. The van der Waals surface area contributed by atoms with Gasteiger partial charge in [-0.3, -0.25) is 4.90 Å². The van der Waals surface area contributed by atoms with Crippen LogP contribution >= 0.6 is 34.2 Å². The number of alkyl halides is 1. The molecule has 7 heteroatoms. The third kappa shape index (κ3) is 3.91. The van der Waals surface area contributed by atoms with Gasteiger partial charge in [0.1, 0.15) is 5.60 Å². The molecular formula is C16H19ClINO4. The van der Waals surface area contributed by atoms with Crippen molar-refractivity contribution in [2.45, 2.75) is 43.3 Å². The Bertz CT molecular complexity index is 629. The molecule has 0 aromatic heterocycles. The van der Waals surface area contributed by atoms with Crippen LogP contribution in [0, 0.1) is 0 Å². The Labute approximate surface area is 154 Å². The lowest BCUT2D eigenvalue weighted by atomic mass is 10.1. The van der Waals surface area contributed by atoms with Crippen molar-refractivity contribution in [3.05, 3.63) is 28.8 Å². The standard InChI is InChI=1S/C16H19ClINO4/c1-5-22-14(20)13-12(18)10-8-9(17)6-7-11(10)19(13)15(21)23-16(2,3)4/h6-8,12-13H,5H2,1-4H3. The second-order valence-electron chi connectivity index (χ2n) is 6.15. The molecule has 1 amide bonds. The quantitative estimate of drug-likeness (QED) is 0.377. The largest absolute Gasteiger partial charge is 0.464 e. The molecule has 0 aliphatic carbocycles. The van der Waals surface area contributed by atoms with Crippen molar-refractivity contribution >= 4 is 51.9 Å². The van der Waals surface area contributed by atoms with Crippen LogP contribution in [0.2, 0.25) is 5.02 Å². The van der Waals surface area contributed by atoms with E-state index < -0.39 is 23.7 Å². The number of benzene rings is 1. The molecule has 1 aromatic rings. The van der Waals surface area contributed by atoms with Gasteiger partial charge in [-0.1, -0.05) is 34.2 Å². The summed E-state index contributed by atoms with van der Waals surface area (Å²) in [6.45, 7) is 7.33. The summed E-state index contributed by atoms with van der Waals surface area (Å²) in [5.41, 5.74) is 0.787. The zero-order valence-corrected chi connectivity index (χ0v) is 16.3. The van der Waals surface area contributed by atoms with Crippen molar-refractivity contribution in [3.63, 3.8) is 0 Å². The van der Waals surface area contributed by atoms with E-state index in [0.29, 0.717) is 10.7 Å². The number of amides is 1. The van der Waals surface area contributed by atoms with Crippen LogP contribution in [0.4, 0.5) is 10.5 Å². The molecule has 1 heterocycles. The lowest BCUT2D eigenvalue weighted by molar-refractivity contribution is -0.144. The van der Waals surface area contributed by atoms with Crippen LogP contribution in [0.15, 0.2) is 18.2 Å². The molecule has 0 spiro atoms. The highest BCUT2D eigenvalue weighted by molar-refractivity contribution is 14.1. The van der Waals surface area contributed by atoms with Crippen LogP contribution in [0.1, 0.15) is 37.2 Å². The number of halogens is 2. The van der Waals surface area contributed by atoms with Crippen LogP contribution < -0.4 is 4.90 Å². The van der Waals surface area contributed by atoms with Crippen molar-refractivity contribution in [2.24, 2.45) is 0 Å². The average molecular weight is 452 g/mol. The van der Waals surface area contributed by atoms with E-state index in [1.807, 2.05) is 0 Å². The molecule has 2 atom stereocenters. The second kappa shape index (κ2) is 6.84. The molecule has 23 heavy (non-hydrogen) atoms. The number of hydrogen-bond donors (Lipinski definition) is 0. The number of hydrogen-bond acceptors (Lipinski definition) is 4. The minimum atomic E-state index is -0.765. The summed E-state index contributed by atoms with van der Waals surface area (Å²) in [6, 6.07) is 4.42. The highest BCUT2D eigenvalue weighted by Gasteiger charge is 2.47. The molecule has 1 aliphatic heterocycles. The van der Waals surface area contributed by atoms with E-state index in [0.717, 1.165) is 5.56 Å². The molecule has 0 fully saturated rings. The van der Waals surface area contributed by atoms with Gasteiger partial charge in [-0.25, -0.2) is 9.59 Å². The first-order valence-electron chi connectivity index (χ1n) is 7.28. The maximum atomic E-state index is 12.6. The molecule has 0 saturated carbocycles. The van der Waals surface area contributed by atoms with Crippen LogP contribution in [-0.2, 0) is 14.3 Å². The van der Waals surface area contributed by atoms with Gasteiger partial charge in [-0.2, -0.15) is 0 Å². The van der Waals surface area contributed by atoms with E-state index in [1.54, 1.807) is 45.9 Å². The maximum absolute atomic E-state index is 12.6. The third-order valence-corrected chi connectivity index (χ3v) is 4.81. The minimum absolute atomic E-state index is 0.248. The van der Waals surface area contributed by atoms with Gasteiger partial charge >= 0.3 is 12.1 Å². The number of fused-ring (bicyclic) bond motifs is 1. The Kier molecular flexibility index (Phi) is 5.45. The Morgan fingerprint density at radius 2 is 2.00 bits per heavy atom. The predicted octanol–water partition coefficient (Wildman–Crippen LogP) is 4.50. The Hall–Kier alpha value is -1.02. The van der Waals surface area contributed by atoms with Gasteiger partial charge in [0.05, 0.1) is 16.2 Å². The fraction of sp³-hybridized carbons (Fsp3) is 0.500. The van der Waals surface area contributed by atoms with Gasteiger partial charge in [0.15, 0.2) is 6.04 Å². The SMILES string of the molecule is CCOC(=O)C1C(I)c2cc(Cl)ccc2N1C(=O)OC(C)(C)C. The molecule has 126 valence electrons. The first kappa shape index (κ1) is 18.3. The van der Waals surface area contributed by atoms with Crippen molar-refractivity contribution < 1.29 is 19.1 Å². The molecule has 1 aliphatic rings. The lowest BCUT2D eigenvalue weighted by Gasteiger charge is -2.28. The predicted molar refractivity (Wildman–Crippen MR) is 97.3 cm³/mol. The van der Waals surface area contributed by atoms with E-state index in [4.69, 9.17) is 21.1 Å². The van der Waals surface area contributed by atoms with Crippen LogP contribution in [0.25, 0.3) is 0 Å². The van der Waals surface area contributed by atoms with Gasteiger partial charge < -0.3 is 9.47 Å². The molecule has 0 saturated heterocycles. The molecule has 2 rings (SSSR count). The number of rotatable bonds is 2. The summed E-state index contributed by atoms with van der Waals surface area (Å²) < 4.78 is 10.3. The van der Waals surface area contributed by atoms with Crippen LogP contribution in [0.5, 0.6) is 0 Å². The molecule has 0 bridgehead atoms. The topological polar surface area (TPSA) is 55.8 Å². The summed E-state index contributed by atoms with van der Waals surface area (Å²) in [5.74, 6) is -0.454. The fourth-order valence-corrected chi connectivity index (χ4v) is 3.69. The van der Waals surface area contributed by atoms with Crippen LogP contribution in [-0.4, -0.2) is 30.3 Å². The molecular weight excluding hydrogens is 433 g/mol. The molecule has 1 aromatic carbocycles. The van der Waals surface area contributed by atoms with E-state index >= 15 is 0 Å². The number of carbonyl (C=O) groups excluding carboxylic acids is 2. The van der Waals surface area contributed by atoms with E-state index in [1.165, 1.54) is 4.90 Å². The van der Waals surface area contributed by atoms with E-state index in [9.17, 15) is 9.59 Å².